The standard InChI is InChI=1S/C20H20FNO5S2/c1-14-5-6-15(2)19(12-14)29(25,26)22-13-20(18-4-3-11-27-18)28(23,24)17-9-7-16(21)8-10-17/h3-12,20,22H,13H2,1-2H3/t20-/m0/s1. The van der Waals surface area contributed by atoms with Gasteiger partial charge in [0.15, 0.2) is 9.84 Å². The summed E-state index contributed by atoms with van der Waals surface area (Å²) in [5, 5.41) is -1.32. The van der Waals surface area contributed by atoms with E-state index in [0.717, 1.165) is 29.8 Å². The minimum atomic E-state index is -4.05. The molecule has 0 saturated heterocycles. The Morgan fingerprint density at radius 1 is 1.00 bits per heavy atom. The minimum absolute atomic E-state index is 0.0786. The lowest BCUT2D eigenvalue weighted by Gasteiger charge is -2.17. The van der Waals surface area contributed by atoms with Gasteiger partial charge >= 0.3 is 0 Å². The maximum Gasteiger partial charge on any atom is 0.240 e. The second-order valence-electron chi connectivity index (χ2n) is 6.62. The summed E-state index contributed by atoms with van der Waals surface area (Å²) in [6, 6.07) is 12.3. The van der Waals surface area contributed by atoms with Crippen LogP contribution in [0.4, 0.5) is 4.39 Å². The number of sulfone groups is 1. The van der Waals surface area contributed by atoms with Crippen LogP contribution < -0.4 is 4.72 Å². The number of aryl methyl sites for hydroxylation is 2. The Bertz CT molecular complexity index is 1200. The van der Waals surface area contributed by atoms with Crippen molar-refractivity contribution in [1.29, 1.82) is 0 Å². The Morgan fingerprint density at radius 2 is 1.69 bits per heavy atom. The lowest BCUT2D eigenvalue weighted by atomic mass is 10.2. The summed E-state index contributed by atoms with van der Waals surface area (Å²) in [6.07, 6.45) is 1.31. The van der Waals surface area contributed by atoms with E-state index in [-0.39, 0.29) is 15.6 Å². The van der Waals surface area contributed by atoms with Gasteiger partial charge in [-0.1, -0.05) is 12.1 Å². The van der Waals surface area contributed by atoms with Gasteiger partial charge in [-0.25, -0.2) is 25.9 Å². The zero-order valence-corrected chi connectivity index (χ0v) is 17.4. The van der Waals surface area contributed by atoms with Gasteiger partial charge in [0.1, 0.15) is 16.8 Å². The summed E-state index contributed by atoms with van der Waals surface area (Å²) >= 11 is 0. The molecule has 0 aliphatic rings. The number of halogens is 1. The zero-order valence-electron chi connectivity index (χ0n) is 15.8. The van der Waals surface area contributed by atoms with Gasteiger partial charge in [-0.05, 0) is 67.4 Å². The number of furan rings is 1. The molecule has 0 unspecified atom stereocenters. The maximum absolute atomic E-state index is 13.2. The Kier molecular flexibility index (Phi) is 5.92. The Balaban J connectivity index is 1.95. The van der Waals surface area contributed by atoms with Crippen LogP contribution in [0, 0.1) is 19.7 Å². The van der Waals surface area contributed by atoms with Gasteiger partial charge in [0.25, 0.3) is 0 Å². The van der Waals surface area contributed by atoms with E-state index in [1.807, 2.05) is 0 Å². The van der Waals surface area contributed by atoms with Crippen LogP contribution in [0.15, 0.2) is 75.1 Å². The first-order valence-corrected chi connectivity index (χ1v) is 11.7. The molecule has 1 N–H and O–H groups in total. The fraction of sp³-hybridized carbons (Fsp3) is 0.200. The predicted molar refractivity (Wildman–Crippen MR) is 106 cm³/mol. The van der Waals surface area contributed by atoms with Crippen LogP contribution in [0.2, 0.25) is 0 Å². The minimum Gasteiger partial charge on any atom is -0.468 e. The molecule has 1 aromatic heterocycles. The summed E-state index contributed by atoms with van der Waals surface area (Å²) in [6.45, 7) is 2.99. The fourth-order valence-electron chi connectivity index (χ4n) is 2.89. The van der Waals surface area contributed by atoms with Gasteiger partial charge in [-0.2, -0.15) is 0 Å². The van der Waals surface area contributed by atoms with E-state index in [2.05, 4.69) is 4.72 Å². The monoisotopic (exact) mass is 437 g/mol. The average Bonchev–Trinajstić information content (AvgIpc) is 3.18. The second kappa shape index (κ2) is 8.10. The van der Waals surface area contributed by atoms with E-state index in [0.29, 0.717) is 5.56 Å². The molecule has 29 heavy (non-hydrogen) atoms. The van der Waals surface area contributed by atoms with E-state index < -0.39 is 37.5 Å². The highest BCUT2D eigenvalue weighted by molar-refractivity contribution is 7.92. The van der Waals surface area contributed by atoms with Gasteiger partial charge in [-0.15, -0.1) is 0 Å². The molecule has 0 bridgehead atoms. The lowest BCUT2D eigenvalue weighted by Crippen LogP contribution is -2.32. The highest BCUT2D eigenvalue weighted by Gasteiger charge is 2.33. The molecule has 2 aromatic carbocycles. The van der Waals surface area contributed by atoms with E-state index in [1.54, 1.807) is 26.0 Å². The van der Waals surface area contributed by atoms with Crippen molar-refractivity contribution < 1.29 is 25.6 Å². The molecule has 0 amide bonds. The van der Waals surface area contributed by atoms with Crippen molar-refractivity contribution >= 4 is 19.9 Å². The number of hydrogen-bond donors (Lipinski definition) is 1. The van der Waals surface area contributed by atoms with Crippen molar-refractivity contribution in [3.05, 3.63) is 83.6 Å². The number of hydrogen-bond acceptors (Lipinski definition) is 5. The SMILES string of the molecule is Cc1ccc(C)c(S(=O)(=O)NC[C@@H](c2ccco2)S(=O)(=O)c2ccc(F)cc2)c1. The third kappa shape index (κ3) is 4.58. The molecule has 0 spiro atoms. The average molecular weight is 438 g/mol. The van der Waals surface area contributed by atoms with Crippen LogP contribution in [0.3, 0.4) is 0 Å². The first kappa shape index (κ1) is 21.2. The van der Waals surface area contributed by atoms with Crippen LogP contribution in [0.1, 0.15) is 22.1 Å². The van der Waals surface area contributed by atoms with E-state index in [1.165, 1.54) is 24.5 Å². The number of rotatable bonds is 7. The van der Waals surface area contributed by atoms with E-state index in [4.69, 9.17) is 4.42 Å². The summed E-state index contributed by atoms with van der Waals surface area (Å²) in [7, 11) is -8.02. The topological polar surface area (TPSA) is 93.4 Å². The van der Waals surface area contributed by atoms with Crippen molar-refractivity contribution in [3.63, 3.8) is 0 Å². The molecule has 3 rings (SSSR count). The normalized spacial score (nSPS) is 13.3. The molecule has 9 heteroatoms. The molecule has 0 radical (unpaired) electrons. The van der Waals surface area contributed by atoms with Crippen molar-refractivity contribution in [3.8, 4) is 0 Å². The van der Waals surface area contributed by atoms with Crippen LogP contribution in [-0.2, 0) is 19.9 Å². The number of nitrogens with one attached hydrogen (secondary N) is 1. The molecule has 0 saturated carbocycles. The highest BCUT2D eigenvalue weighted by atomic mass is 32.2. The van der Waals surface area contributed by atoms with Gasteiger partial charge in [0, 0.05) is 6.54 Å². The van der Waals surface area contributed by atoms with Crippen molar-refractivity contribution in [2.24, 2.45) is 0 Å². The summed E-state index contributed by atoms with van der Waals surface area (Å²) in [5.41, 5.74) is 1.30. The first-order valence-electron chi connectivity index (χ1n) is 8.71. The first-order chi connectivity index (χ1) is 13.6. The van der Waals surface area contributed by atoms with Crippen LogP contribution >= 0.6 is 0 Å². The van der Waals surface area contributed by atoms with Gasteiger partial charge in [-0.3, -0.25) is 0 Å². The van der Waals surface area contributed by atoms with Gasteiger partial charge in [0.05, 0.1) is 16.1 Å². The Morgan fingerprint density at radius 3 is 2.31 bits per heavy atom. The van der Waals surface area contributed by atoms with Crippen molar-refractivity contribution in [1.82, 2.24) is 4.72 Å². The van der Waals surface area contributed by atoms with Crippen LogP contribution in [-0.4, -0.2) is 23.4 Å². The number of benzene rings is 2. The molecule has 3 aromatic rings. The Hall–Kier alpha value is -2.49. The smallest absolute Gasteiger partial charge is 0.240 e. The molecule has 1 atom stereocenters. The molecule has 1 heterocycles. The molecule has 6 nitrogen and oxygen atoms in total. The third-order valence-corrected chi connectivity index (χ3v) is 8.11. The number of sulfonamides is 1. The van der Waals surface area contributed by atoms with E-state index in [9.17, 15) is 21.2 Å². The van der Waals surface area contributed by atoms with Crippen molar-refractivity contribution in [2.45, 2.75) is 28.9 Å². The fourth-order valence-corrected chi connectivity index (χ4v) is 5.95. The van der Waals surface area contributed by atoms with Gasteiger partial charge in [0.2, 0.25) is 10.0 Å². The quantitative estimate of drug-likeness (QED) is 0.571. The summed E-state index contributed by atoms with van der Waals surface area (Å²) < 4.78 is 72.6. The largest absolute Gasteiger partial charge is 0.468 e. The van der Waals surface area contributed by atoms with E-state index >= 15 is 0 Å². The maximum atomic E-state index is 13.2. The lowest BCUT2D eigenvalue weighted by molar-refractivity contribution is 0.486. The molecule has 154 valence electrons. The second-order valence-corrected chi connectivity index (χ2v) is 10.5. The van der Waals surface area contributed by atoms with Crippen LogP contribution in [0.25, 0.3) is 0 Å². The summed E-state index contributed by atoms with van der Waals surface area (Å²) in [5.74, 6) is -0.493. The zero-order chi connectivity index (χ0) is 21.2. The molecule has 0 aliphatic carbocycles. The molecular weight excluding hydrogens is 417 g/mol. The molecule has 0 aliphatic heterocycles. The molecule has 0 fully saturated rings. The Labute approximate surface area is 169 Å². The predicted octanol–water partition coefficient (Wildman–Crippen LogP) is 3.53. The molecular formula is C20H20FNO5S2. The summed E-state index contributed by atoms with van der Waals surface area (Å²) in [4.78, 5) is -0.0545. The van der Waals surface area contributed by atoms with Crippen LogP contribution in [0.5, 0.6) is 0 Å². The third-order valence-electron chi connectivity index (χ3n) is 4.47. The highest BCUT2D eigenvalue weighted by Crippen LogP contribution is 2.29. The van der Waals surface area contributed by atoms with Crippen molar-refractivity contribution in [2.75, 3.05) is 6.54 Å². The van der Waals surface area contributed by atoms with Gasteiger partial charge < -0.3 is 4.42 Å².